The fourth-order valence-electron chi connectivity index (χ4n) is 6.63. The molecule has 0 fully saturated rings. The lowest BCUT2D eigenvalue weighted by molar-refractivity contribution is -0.0272. The van der Waals surface area contributed by atoms with E-state index >= 15 is 0 Å². The molecule has 0 aromatic heterocycles. The molecule has 14 heteroatoms. The summed E-state index contributed by atoms with van der Waals surface area (Å²) in [5, 5.41) is 9.39. The number of aliphatic hydroxyl groups is 1. The maximum absolute atomic E-state index is 9.39. The molecule has 3 aromatic rings. The fourth-order valence-corrected chi connectivity index (χ4v) is 6.63. The lowest BCUT2D eigenvalue weighted by atomic mass is 10.1. The highest BCUT2D eigenvalue weighted by Crippen LogP contribution is 2.31. The third kappa shape index (κ3) is 25.7. The average Bonchev–Trinajstić information content (AvgIpc) is 3.80. The summed E-state index contributed by atoms with van der Waals surface area (Å²) in [4.78, 5) is 0. The van der Waals surface area contributed by atoms with Crippen molar-refractivity contribution in [2.45, 2.75) is 76.9 Å². The van der Waals surface area contributed by atoms with E-state index in [2.05, 4.69) is 26.0 Å². The van der Waals surface area contributed by atoms with E-state index in [1.54, 1.807) is 0 Å². The predicted molar refractivity (Wildman–Crippen MR) is 249 cm³/mol. The second-order valence-corrected chi connectivity index (χ2v) is 15.2. The molecule has 2 aliphatic carbocycles. The van der Waals surface area contributed by atoms with Crippen molar-refractivity contribution in [2.75, 3.05) is 132 Å². The van der Waals surface area contributed by atoms with Crippen LogP contribution in [0.3, 0.4) is 0 Å². The molecule has 5 rings (SSSR count). The lowest BCUT2D eigenvalue weighted by Gasteiger charge is -2.17. The molecule has 0 spiro atoms. The number of benzene rings is 3. The van der Waals surface area contributed by atoms with Crippen LogP contribution in [0.1, 0.15) is 73.0 Å². The van der Waals surface area contributed by atoms with Crippen LogP contribution in [0.5, 0.6) is 0 Å². The molecule has 5 N–H and O–H groups in total. The van der Waals surface area contributed by atoms with Gasteiger partial charge in [-0.25, -0.2) is 0 Å². The summed E-state index contributed by atoms with van der Waals surface area (Å²) in [6, 6.07) is 26.1. The van der Waals surface area contributed by atoms with Gasteiger partial charge in [-0.3, -0.25) is 0 Å². The normalized spacial score (nSPS) is 17.3. The molecule has 0 radical (unpaired) electrons. The number of hydrogen-bond acceptors (Lipinski definition) is 14. The van der Waals surface area contributed by atoms with Crippen LogP contribution in [0.15, 0.2) is 78.9 Å². The van der Waals surface area contributed by atoms with Crippen molar-refractivity contribution in [1.29, 1.82) is 0 Å². The van der Waals surface area contributed by atoms with E-state index in [9.17, 15) is 5.11 Å². The SMILES string of the molecule is CCCCOCCOCCOCCOCCOCCO[C@@H]1Cc2ccccc2[C@@H]1N.CCCOCCOCCOCCOCCOCc1ccccc1.N[C@H]1c2ccccc2C[C@H]1O. The van der Waals surface area contributed by atoms with Crippen LogP contribution in [-0.4, -0.2) is 149 Å². The Morgan fingerprint density at radius 2 is 0.812 bits per heavy atom. The smallest absolute Gasteiger partial charge is 0.0809 e. The molecule has 0 saturated heterocycles. The Morgan fingerprint density at radius 3 is 1.27 bits per heavy atom. The number of rotatable bonds is 35. The summed E-state index contributed by atoms with van der Waals surface area (Å²) in [6.07, 6.45) is 4.54. The zero-order valence-corrected chi connectivity index (χ0v) is 38.8. The number of ether oxygens (including phenoxy) is 11. The molecule has 0 bridgehead atoms. The van der Waals surface area contributed by atoms with Gasteiger partial charge in [0.15, 0.2) is 0 Å². The van der Waals surface area contributed by atoms with Crippen molar-refractivity contribution in [3.8, 4) is 0 Å². The van der Waals surface area contributed by atoms with E-state index < -0.39 is 0 Å². The third-order valence-electron chi connectivity index (χ3n) is 10.1. The van der Waals surface area contributed by atoms with Crippen LogP contribution >= 0.6 is 0 Å². The van der Waals surface area contributed by atoms with Gasteiger partial charge in [0.25, 0.3) is 0 Å². The van der Waals surface area contributed by atoms with Crippen molar-refractivity contribution in [3.05, 3.63) is 107 Å². The first-order valence-corrected chi connectivity index (χ1v) is 23.3. The van der Waals surface area contributed by atoms with Gasteiger partial charge in [-0.15, -0.1) is 0 Å². The second kappa shape index (κ2) is 38.2. The molecule has 362 valence electrons. The van der Waals surface area contributed by atoms with E-state index in [0.29, 0.717) is 132 Å². The van der Waals surface area contributed by atoms with E-state index in [-0.39, 0.29) is 24.3 Å². The van der Waals surface area contributed by atoms with E-state index in [1.807, 2.05) is 66.7 Å². The number of fused-ring (bicyclic) bond motifs is 2. The van der Waals surface area contributed by atoms with Crippen molar-refractivity contribution in [1.82, 2.24) is 0 Å². The zero-order valence-electron chi connectivity index (χ0n) is 38.8. The van der Waals surface area contributed by atoms with Crippen LogP contribution in [0.4, 0.5) is 0 Å². The monoisotopic (exact) mass is 901 g/mol. The second-order valence-electron chi connectivity index (χ2n) is 15.2. The molecule has 64 heavy (non-hydrogen) atoms. The molecule has 0 heterocycles. The van der Waals surface area contributed by atoms with Gasteiger partial charge in [0.1, 0.15) is 0 Å². The van der Waals surface area contributed by atoms with Crippen molar-refractivity contribution in [2.24, 2.45) is 11.5 Å². The Hall–Kier alpha value is -2.90. The summed E-state index contributed by atoms with van der Waals surface area (Å²) < 4.78 is 60.3. The maximum atomic E-state index is 9.39. The molecular weight excluding hydrogens is 821 g/mol. The summed E-state index contributed by atoms with van der Waals surface area (Å²) >= 11 is 0. The minimum absolute atomic E-state index is 0.0389. The van der Waals surface area contributed by atoms with Crippen LogP contribution in [0, 0.1) is 0 Å². The molecular formula is C50H80N2O12. The Bertz CT molecular complexity index is 1510. The maximum Gasteiger partial charge on any atom is 0.0809 e. The number of nitrogens with two attached hydrogens (primary N) is 2. The fraction of sp³-hybridized carbons (Fsp3) is 0.640. The highest BCUT2D eigenvalue weighted by atomic mass is 16.6. The highest BCUT2D eigenvalue weighted by molar-refractivity contribution is 5.36. The minimum Gasteiger partial charge on any atom is -0.391 e. The molecule has 0 unspecified atom stereocenters. The molecule has 2 aliphatic rings. The van der Waals surface area contributed by atoms with Gasteiger partial charge >= 0.3 is 0 Å². The zero-order chi connectivity index (χ0) is 45.6. The van der Waals surface area contributed by atoms with Crippen LogP contribution in [-0.2, 0) is 71.6 Å². The van der Waals surface area contributed by atoms with E-state index in [1.165, 1.54) is 22.3 Å². The van der Waals surface area contributed by atoms with Gasteiger partial charge in [-0.05, 0) is 40.7 Å². The Kier molecular flexibility index (Phi) is 33.1. The Labute approximate surface area is 383 Å². The lowest BCUT2D eigenvalue weighted by Crippen LogP contribution is -2.26. The summed E-state index contributed by atoms with van der Waals surface area (Å²) in [6.45, 7) is 16.9. The Balaban J connectivity index is 0.000000280. The molecule has 0 amide bonds. The summed E-state index contributed by atoms with van der Waals surface area (Å²) in [5.74, 6) is 0. The highest BCUT2D eigenvalue weighted by Gasteiger charge is 2.30. The summed E-state index contributed by atoms with van der Waals surface area (Å²) in [7, 11) is 0. The van der Waals surface area contributed by atoms with Crippen LogP contribution in [0.2, 0.25) is 0 Å². The van der Waals surface area contributed by atoms with E-state index in [0.717, 1.165) is 44.5 Å². The topological polar surface area (TPSA) is 174 Å². The molecule has 0 saturated carbocycles. The molecule has 0 aliphatic heterocycles. The largest absolute Gasteiger partial charge is 0.391 e. The number of aliphatic hydroxyl groups excluding tert-OH is 1. The minimum atomic E-state index is -0.382. The van der Waals surface area contributed by atoms with Crippen LogP contribution in [0.25, 0.3) is 0 Å². The third-order valence-corrected chi connectivity index (χ3v) is 10.1. The Morgan fingerprint density at radius 1 is 0.422 bits per heavy atom. The summed E-state index contributed by atoms with van der Waals surface area (Å²) in [5.41, 5.74) is 17.9. The van der Waals surface area contributed by atoms with Crippen molar-refractivity contribution < 1.29 is 57.2 Å². The van der Waals surface area contributed by atoms with Gasteiger partial charge in [0.05, 0.1) is 150 Å². The quantitative estimate of drug-likeness (QED) is 0.0606. The first-order valence-electron chi connectivity index (χ1n) is 23.3. The van der Waals surface area contributed by atoms with Gasteiger partial charge in [-0.2, -0.15) is 0 Å². The first-order chi connectivity index (χ1) is 31.5. The average molecular weight is 901 g/mol. The van der Waals surface area contributed by atoms with Gasteiger partial charge in [0.2, 0.25) is 0 Å². The molecule has 3 aromatic carbocycles. The van der Waals surface area contributed by atoms with E-state index in [4.69, 9.17) is 63.6 Å². The van der Waals surface area contributed by atoms with Crippen LogP contribution < -0.4 is 11.5 Å². The van der Waals surface area contributed by atoms with Gasteiger partial charge in [0, 0.05) is 26.1 Å². The standard InChI is InChI=1S/C23H39NO6.C18H30O5.C9H11NO/c1-2-3-8-25-9-10-26-11-12-27-13-14-28-15-16-29-17-18-30-22-19-20-6-4-5-7-21(20)23(22)24;1-2-8-19-9-10-20-11-12-21-13-14-22-15-16-23-17-18-6-4-3-5-7-18;10-9-7-4-2-1-3-6(7)5-8(9)11/h4-7,22-23H,2-3,8-19,24H2,1H3;3-7H,2,8-17H2,1H3;1-4,8-9,11H,5,10H2/t22-,23+;;8-,9+/m1.1/s1. The van der Waals surface area contributed by atoms with Gasteiger partial charge < -0.3 is 68.7 Å². The number of unbranched alkanes of at least 4 members (excludes halogenated alkanes) is 1. The predicted octanol–water partition coefficient (Wildman–Crippen LogP) is 5.79. The first kappa shape index (κ1) is 55.4. The van der Waals surface area contributed by atoms with Crippen molar-refractivity contribution >= 4 is 0 Å². The number of hydrogen-bond donors (Lipinski definition) is 3. The molecule has 14 nitrogen and oxygen atoms in total. The van der Waals surface area contributed by atoms with Gasteiger partial charge in [-0.1, -0.05) is 99.1 Å². The van der Waals surface area contributed by atoms with Crippen molar-refractivity contribution in [3.63, 3.8) is 0 Å². The molecule has 4 atom stereocenters.